The summed E-state index contributed by atoms with van der Waals surface area (Å²) >= 11 is 0. The lowest BCUT2D eigenvalue weighted by molar-refractivity contribution is -0.150. The Kier molecular flexibility index (Phi) is 6.20. The molecule has 0 N–H and O–H groups in total. The average molecular weight is 330 g/mol. The van der Waals surface area contributed by atoms with Crippen LogP contribution in [0.15, 0.2) is 12.1 Å². The van der Waals surface area contributed by atoms with E-state index in [1.165, 1.54) is 22.3 Å². The first kappa shape index (κ1) is 18.7. The van der Waals surface area contributed by atoms with Crippen LogP contribution in [-0.2, 0) is 14.3 Å². The monoisotopic (exact) mass is 330 g/mol. The number of esters is 1. The van der Waals surface area contributed by atoms with Crippen LogP contribution in [0.3, 0.4) is 0 Å². The SMILES string of the molecule is CCOC(=O)C1CCC(C(=O)C(C)c2c(C)cc(C)cc2C)CC1. The van der Waals surface area contributed by atoms with Crippen LogP contribution in [0, 0.1) is 32.6 Å². The molecule has 0 spiro atoms. The minimum atomic E-state index is -0.0957. The molecule has 3 nitrogen and oxygen atoms in total. The first-order chi connectivity index (χ1) is 11.3. The van der Waals surface area contributed by atoms with E-state index in [0.717, 1.165) is 25.7 Å². The fourth-order valence-corrected chi connectivity index (χ4v) is 4.24. The van der Waals surface area contributed by atoms with E-state index in [-0.39, 0.29) is 23.7 Å². The number of aryl methyl sites for hydroxylation is 3. The molecule has 1 aliphatic carbocycles. The second-order valence-electron chi connectivity index (χ2n) is 7.24. The maximum Gasteiger partial charge on any atom is 0.308 e. The van der Waals surface area contributed by atoms with Crippen LogP contribution in [0.1, 0.15) is 67.7 Å². The Morgan fingerprint density at radius 1 is 1.04 bits per heavy atom. The highest BCUT2D eigenvalue weighted by molar-refractivity contribution is 5.88. The van der Waals surface area contributed by atoms with Crippen molar-refractivity contribution in [2.24, 2.45) is 11.8 Å². The molecule has 0 heterocycles. The Bertz CT molecular complexity index is 587. The van der Waals surface area contributed by atoms with Gasteiger partial charge in [-0.15, -0.1) is 0 Å². The highest BCUT2D eigenvalue weighted by Gasteiger charge is 2.33. The molecule has 1 aromatic rings. The molecule has 1 saturated carbocycles. The number of ether oxygens (including phenoxy) is 1. The molecule has 2 rings (SSSR count). The van der Waals surface area contributed by atoms with E-state index in [0.29, 0.717) is 12.4 Å². The molecular formula is C21H30O3. The van der Waals surface area contributed by atoms with Crippen LogP contribution in [0.2, 0.25) is 0 Å². The van der Waals surface area contributed by atoms with Gasteiger partial charge in [0, 0.05) is 11.8 Å². The van der Waals surface area contributed by atoms with Gasteiger partial charge in [0.2, 0.25) is 0 Å². The van der Waals surface area contributed by atoms with E-state index in [1.807, 2.05) is 13.8 Å². The summed E-state index contributed by atoms with van der Waals surface area (Å²) in [7, 11) is 0. The number of hydrogen-bond donors (Lipinski definition) is 0. The van der Waals surface area contributed by atoms with Gasteiger partial charge < -0.3 is 4.74 Å². The minimum absolute atomic E-state index is 0.0212. The smallest absolute Gasteiger partial charge is 0.308 e. The summed E-state index contributed by atoms with van der Waals surface area (Å²) < 4.78 is 5.11. The van der Waals surface area contributed by atoms with Crippen molar-refractivity contribution in [1.82, 2.24) is 0 Å². The van der Waals surface area contributed by atoms with Gasteiger partial charge in [-0.1, -0.05) is 24.6 Å². The summed E-state index contributed by atoms with van der Waals surface area (Å²) in [6.07, 6.45) is 3.15. The molecule has 0 aliphatic heterocycles. The summed E-state index contributed by atoms with van der Waals surface area (Å²) in [5, 5.41) is 0. The van der Waals surface area contributed by atoms with Crippen LogP contribution in [-0.4, -0.2) is 18.4 Å². The number of rotatable bonds is 5. The molecule has 132 valence electrons. The molecule has 0 radical (unpaired) electrons. The zero-order valence-corrected chi connectivity index (χ0v) is 15.6. The summed E-state index contributed by atoms with van der Waals surface area (Å²) in [6, 6.07) is 4.31. The first-order valence-corrected chi connectivity index (χ1v) is 9.13. The van der Waals surface area contributed by atoms with Crippen molar-refractivity contribution < 1.29 is 14.3 Å². The van der Waals surface area contributed by atoms with Gasteiger partial charge in [-0.25, -0.2) is 0 Å². The predicted octanol–water partition coefficient (Wildman–Crippen LogP) is 4.65. The Morgan fingerprint density at radius 2 is 1.54 bits per heavy atom. The lowest BCUT2D eigenvalue weighted by Crippen LogP contribution is -2.29. The van der Waals surface area contributed by atoms with Crippen molar-refractivity contribution in [1.29, 1.82) is 0 Å². The molecule has 24 heavy (non-hydrogen) atoms. The van der Waals surface area contributed by atoms with Gasteiger partial charge >= 0.3 is 5.97 Å². The topological polar surface area (TPSA) is 43.4 Å². The number of ketones is 1. The molecule has 1 fully saturated rings. The second-order valence-corrected chi connectivity index (χ2v) is 7.24. The molecule has 0 saturated heterocycles. The van der Waals surface area contributed by atoms with E-state index in [2.05, 4.69) is 32.9 Å². The summed E-state index contributed by atoms with van der Waals surface area (Å²) in [6.45, 7) is 10.6. The number of Topliss-reactive ketones (excluding diaryl/α,β-unsaturated/α-hetero) is 1. The average Bonchev–Trinajstić information content (AvgIpc) is 2.53. The summed E-state index contributed by atoms with van der Waals surface area (Å²) in [5.41, 5.74) is 4.82. The van der Waals surface area contributed by atoms with E-state index < -0.39 is 0 Å². The third kappa shape index (κ3) is 4.06. The largest absolute Gasteiger partial charge is 0.466 e. The third-order valence-electron chi connectivity index (χ3n) is 5.35. The molecule has 3 heteroatoms. The van der Waals surface area contributed by atoms with Gasteiger partial charge in [0.25, 0.3) is 0 Å². The van der Waals surface area contributed by atoms with Crippen LogP contribution in [0.5, 0.6) is 0 Å². The van der Waals surface area contributed by atoms with Crippen LogP contribution < -0.4 is 0 Å². The minimum Gasteiger partial charge on any atom is -0.466 e. The Hall–Kier alpha value is -1.64. The van der Waals surface area contributed by atoms with Crippen LogP contribution in [0.25, 0.3) is 0 Å². The maximum absolute atomic E-state index is 13.0. The highest BCUT2D eigenvalue weighted by atomic mass is 16.5. The Morgan fingerprint density at radius 3 is 2.04 bits per heavy atom. The zero-order chi connectivity index (χ0) is 17.9. The zero-order valence-electron chi connectivity index (χ0n) is 15.6. The number of hydrogen-bond acceptors (Lipinski definition) is 3. The standard InChI is InChI=1S/C21H30O3/c1-6-24-21(23)18-9-7-17(8-10-18)20(22)16(5)19-14(3)11-13(2)12-15(19)4/h11-12,16-18H,6-10H2,1-5H3. The molecule has 0 aromatic heterocycles. The van der Waals surface area contributed by atoms with Crippen molar-refractivity contribution in [3.05, 3.63) is 34.4 Å². The summed E-state index contributed by atoms with van der Waals surface area (Å²) in [4.78, 5) is 24.8. The Labute approximate surface area is 145 Å². The van der Waals surface area contributed by atoms with Gasteiger partial charge in [-0.05, 0) is 70.1 Å². The number of carbonyl (C=O) groups excluding carboxylic acids is 2. The number of benzene rings is 1. The normalized spacial score (nSPS) is 22.0. The maximum atomic E-state index is 13.0. The van der Waals surface area contributed by atoms with Crippen molar-refractivity contribution in [2.75, 3.05) is 6.61 Å². The predicted molar refractivity (Wildman–Crippen MR) is 96.2 cm³/mol. The van der Waals surface area contributed by atoms with Gasteiger partial charge in [-0.2, -0.15) is 0 Å². The quantitative estimate of drug-likeness (QED) is 0.738. The van der Waals surface area contributed by atoms with E-state index in [4.69, 9.17) is 4.74 Å². The fourth-order valence-electron chi connectivity index (χ4n) is 4.24. The lowest BCUT2D eigenvalue weighted by atomic mass is 9.75. The molecular weight excluding hydrogens is 300 g/mol. The number of carbonyl (C=O) groups is 2. The molecule has 1 aliphatic rings. The van der Waals surface area contributed by atoms with Crippen molar-refractivity contribution in [3.8, 4) is 0 Å². The van der Waals surface area contributed by atoms with Crippen LogP contribution in [0.4, 0.5) is 0 Å². The first-order valence-electron chi connectivity index (χ1n) is 9.13. The molecule has 1 aromatic carbocycles. The van der Waals surface area contributed by atoms with Gasteiger partial charge in [0.05, 0.1) is 12.5 Å². The molecule has 0 amide bonds. The lowest BCUT2D eigenvalue weighted by Gasteiger charge is -2.29. The van der Waals surface area contributed by atoms with Crippen molar-refractivity contribution >= 4 is 11.8 Å². The molecule has 0 bridgehead atoms. The van der Waals surface area contributed by atoms with Gasteiger partial charge in [-0.3, -0.25) is 9.59 Å². The van der Waals surface area contributed by atoms with Crippen molar-refractivity contribution in [3.63, 3.8) is 0 Å². The van der Waals surface area contributed by atoms with Crippen molar-refractivity contribution in [2.45, 2.75) is 66.2 Å². The molecule has 1 atom stereocenters. The highest BCUT2D eigenvalue weighted by Crippen LogP contribution is 2.35. The second kappa shape index (κ2) is 7.96. The fraction of sp³-hybridized carbons (Fsp3) is 0.619. The van der Waals surface area contributed by atoms with Gasteiger partial charge in [0.1, 0.15) is 5.78 Å². The van der Waals surface area contributed by atoms with E-state index in [9.17, 15) is 9.59 Å². The van der Waals surface area contributed by atoms with E-state index >= 15 is 0 Å². The van der Waals surface area contributed by atoms with Gasteiger partial charge in [0.15, 0.2) is 0 Å². The Balaban J connectivity index is 2.04. The van der Waals surface area contributed by atoms with E-state index in [1.54, 1.807) is 0 Å². The third-order valence-corrected chi connectivity index (χ3v) is 5.35. The van der Waals surface area contributed by atoms with Crippen LogP contribution >= 0.6 is 0 Å². The summed E-state index contributed by atoms with van der Waals surface area (Å²) in [5.74, 6) is 0.210. The molecule has 1 unspecified atom stereocenters.